The molecule has 1 atom stereocenters. The molecule has 1 aromatic rings. The SMILES string of the molecule is CCCCOc1c(Cl)cc(C(=O)NCC(C)(O)C(=O)O)cc1OCC. The fourth-order valence-corrected chi connectivity index (χ4v) is 2.12. The average Bonchev–Trinajstić information content (AvgIpc) is 2.55. The largest absolute Gasteiger partial charge is 0.490 e. The standard InChI is InChI=1S/C17H24ClNO6/c1-4-6-7-25-14-12(18)8-11(9-13(14)24-5-2)15(20)19-10-17(3,23)16(21)22/h8-9,23H,4-7,10H2,1-3H3,(H,19,20)(H,21,22). The fraction of sp³-hybridized carbons (Fsp3) is 0.529. The van der Waals surface area contributed by atoms with Crippen LogP contribution in [0.15, 0.2) is 12.1 Å². The van der Waals surface area contributed by atoms with Crippen molar-refractivity contribution in [2.24, 2.45) is 0 Å². The average molecular weight is 374 g/mol. The van der Waals surface area contributed by atoms with Gasteiger partial charge in [-0.15, -0.1) is 0 Å². The normalized spacial score (nSPS) is 13.0. The molecule has 0 radical (unpaired) electrons. The van der Waals surface area contributed by atoms with Gasteiger partial charge in [0.25, 0.3) is 5.91 Å². The van der Waals surface area contributed by atoms with E-state index in [-0.39, 0.29) is 10.6 Å². The molecular formula is C17H24ClNO6. The minimum Gasteiger partial charge on any atom is -0.490 e. The topological polar surface area (TPSA) is 105 Å². The molecule has 0 aliphatic carbocycles. The molecule has 0 heterocycles. The zero-order chi connectivity index (χ0) is 19.0. The van der Waals surface area contributed by atoms with Crippen LogP contribution in [0.5, 0.6) is 11.5 Å². The number of aliphatic carboxylic acids is 1. The Morgan fingerprint density at radius 2 is 1.96 bits per heavy atom. The number of halogens is 1. The third-order valence-corrected chi connectivity index (χ3v) is 3.65. The number of benzene rings is 1. The van der Waals surface area contributed by atoms with E-state index in [1.807, 2.05) is 6.92 Å². The molecule has 8 heteroatoms. The van der Waals surface area contributed by atoms with E-state index in [9.17, 15) is 14.7 Å². The van der Waals surface area contributed by atoms with Crippen LogP contribution in [0.25, 0.3) is 0 Å². The van der Waals surface area contributed by atoms with Gasteiger partial charge in [0, 0.05) is 5.56 Å². The second-order valence-electron chi connectivity index (χ2n) is 5.68. The molecule has 1 rings (SSSR count). The first-order valence-electron chi connectivity index (χ1n) is 8.06. The summed E-state index contributed by atoms with van der Waals surface area (Å²) >= 11 is 6.21. The molecule has 0 saturated heterocycles. The van der Waals surface area contributed by atoms with Gasteiger partial charge >= 0.3 is 5.97 Å². The molecule has 0 fully saturated rings. The summed E-state index contributed by atoms with van der Waals surface area (Å²) in [4.78, 5) is 23.1. The van der Waals surface area contributed by atoms with E-state index < -0.39 is 24.0 Å². The van der Waals surface area contributed by atoms with Gasteiger partial charge in [-0.2, -0.15) is 0 Å². The molecule has 0 saturated carbocycles. The number of nitrogens with one attached hydrogen (secondary N) is 1. The highest BCUT2D eigenvalue weighted by molar-refractivity contribution is 6.32. The van der Waals surface area contributed by atoms with Crippen LogP contribution in [-0.2, 0) is 4.79 Å². The van der Waals surface area contributed by atoms with E-state index in [0.29, 0.717) is 24.7 Å². The van der Waals surface area contributed by atoms with Crippen LogP contribution < -0.4 is 14.8 Å². The lowest BCUT2D eigenvalue weighted by atomic mass is 10.1. The third-order valence-electron chi connectivity index (χ3n) is 3.37. The predicted molar refractivity (Wildman–Crippen MR) is 93.6 cm³/mol. The number of rotatable bonds is 10. The van der Waals surface area contributed by atoms with Gasteiger partial charge < -0.3 is 25.0 Å². The maximum absolute atomic E-state index is 12.2. The smallest absolute Gasteiger partial charge is 0.337 e. The van der Waals surface area contributed by atoms with Crippen molar-refractivity contribution in [3.8, 4) is 11.5 Å². The summed E-state index contributed by atoms with van der Waals surface area (Å²) in [5.74, 6) is -1.31. The highest BCUT2D eigenvalue weighted by Crippen LogP contribution is 2.36. The Kier molecular flexibility index (Phi) is 7.99. The van der Waals surface area contributed by atoms with Gasteiger partial charge in [-0.3, -0.25) is 4.79 Å². The summed E-state index contributed by atoms with van der Waals surface area (Å²) in [6, 6.07) is 2.89. The number of carboxylic acids is 1. The predicted octanol–water partition coefficient (Wildman–Crippen LogP) is 2.48. The van der Waals surface area contributed by atoms with Gasteiger partial charge in [0.1, 0.15) is 0 Å². The molecule has 0 aliphatic rings. The molecule has 0 aliphatic heterocycles. The number of hydrogen-bond acceptors (Lipinski definition) is 5. The van der Waals surface area contributed by atoms with Gasteiger partial charge in [0.15, 0.2) is 17.1 Å². The van der Waals surface area contributed by atoms with Crippen molar-refractivity contribution in [2.75, 3.05) is 19.8 Å². The number of unbranched alkanes of at least 4 members (excludes halogenated alkanes) is 1. The number of carboxylic acid groups (broad SMARTS) is 1. The van der Waals surface area contributed by atoms with Gasteiger partial charge in [-0.05, 0) is 32.4 Å². The quantitative estimate of drug-likeness (QED) is 0.544. The highest BCUT2D eigenvalue weighted by Gasteiger charge is 2.30. The number of ether oxygens (including phenoxy) is 2. The van der Waals surface area contributed by atoms with Crippen LogP contribution in [0.2, 0.25) is 5.02 Å². The van der Waals surface area contributed by atoms with Crippen molar-refractivity contribution in [1.29, 1.82) is 0 Å². The summed E-state index contributed by atoms with van der Waals surface area (Å²) < 4.78 is 11.1. The lowest BCUT2D eigenvalue weighted by Gasteiger charge is -2.19. The van der Waals surface area contributed by atoms with Crippen molar-refractivity contribution >= 4 is 23.5 Å². The molecule has 25 heavy (non-hydrogen) atoms. The molecule has 0 spiro atoms. The molecule has 1 amide bonds. The van der Waals surface area contributed by atoms with Crippen LogP contribution in [0.4, 0.5) is 0 Å². The van der Waals surface area contributed by atoms with Crippen LogP contribution in [0.3, 0.4) is 0 Å². The van der Waals surface area contributed by atoms with E-state index in [1.54, 1.807) is 6.92 Å². The first-order valence-corrected chi connectivity index (χ1v) is 8.43. The lowest BCUT2D eigenvalue weighted by Crippen LogP contribution is -2.46. The summed E-state index contributed by atoms with van der Waals surface area (Å²) in [5, 5.41) is 21.1. The van der Waals surface area contributed by atoms with Crippen LogP contribution in [0, 0.1) is 0 Å². The minimum atomic E-state index is -2.06. The van der Waals surface area contributed by atoms with Crippen molar-refractivity contribution in [3.05, 3.63) is 22.7 Å². The van der Waals surface area contributed by atoms with E-state index in [1.165, 1.54) is 12.1 Å². The number of carbonyl (C=O) groups is 2. The monoisotopic (exact) mass is 373 g/mol. The Bertz CT molecular complexity index is 617. The van der Waals surface area contributed by atoms with Crippen LogP contribution >= 0.6 is 11.6 Å². The first kappa shape index (κ1) is 21.1. The van der Waals surface area contributed by atoms with Crippen molar-refractivity contribution < 1.29 is 29.3 Å². The number of amides is 1. The van der Waals surface area contributed by atoms with Crippen LogP contribution in [0.1, 0.15) is 44.0 Å². The zero-order valence-electron chi connectivity index (χ0n) is 14.6. The van der Waals surface area contributed by atoms with E-state index >= 15 is 0 Å². The van der Waals surface area contributed by atoms with Crippen molar-refractivity contribution in [3.63, 3.8) is 0 Å². The van der Waals surface area contributed by atoms with Gasteiger partial charge in [-0.25, -0.2) is 4.79 Å². The second-order valence-corrected chi connectivity index (χ2v) is 6.09. The Hall–Kier alpha value is -1.99. The van der Waals surface area contributed by atoms with E-state index in [2.05, 4.69) is 5.32 Å². The molecule has 0 aromatic heterocycles. The van der Waals surface area contributed by atoms with E-state index in [0.717, 1.165) is 19.8 Å². The van der Waals surface area contributed by atoms with Gasteiger partial charge in [0.2, 0.25) is 0 Å². The Balaban J connectivity index is 2.96. The molecule has 140 valence electrons. The van der Waals surface area contributed by atoms with Crippen molar-refractivity contribution in [2.45, 2.75) is 39.2 Å². The van der Waals surface area contributed by atoms with Crippen molar-refractivity contribution in [1.82, 2.24) is 5.32 Å². The van der Waals surface area contributed by atoms with Crippen LogP contribution in [-0.4, -0.2) is 47.4 Å². The number of hydrogen-bond donors (Lipinski definition) is 3. The Morgan fingerprint density at radius 1 is 1.28 bits per heavy atom. The molecule has 1 unspecified atom stereocenters. The summed E-state index contributed by atoms with van der Waals surface area (Å²) in [6.45, 7) is 5.31. The summed E-state index contributed by atoms with van der Waals surface area (Å²) in [5.41, 5.74) is -1.89. The Labute approximate surface area is 151 Å². The first-order chi connectivity index (χ1) is 11.7. The molecule has 3 N–H and O–H groups in total. The maximum atomic E-state index is 12.2. The fourth-order valence-electron chi connectivity index (χ4n) is 1.85. The zero-order valence-corrected chi connectivity index (χ0v) is 15.4. The highest BCUT2D eigenvalue weighted by atomic mass is 35.5. The lowest BCUT2D eigenvalue weighted by molar-refractivity contribution is -0.155. The molecular weight excluding hydrogens is 350 g/mol. The van der Waals surface area contributed by atoms with Gasteiger partial charge in [-0.1, -0.05) is 24.9 Å². The Morgan fingerprint density at radius 3 is 2.52 bits per heavy atom. The summed E-state index contributed by atoms with van der Waals surface area (Å²) in [6.07, 6.45) is 1.82. The van der Waals surface area contributed by atoms with E-state index in [4.69, 9.17) is 26.2 Å². The second kappa shape index (κ2) is 9.48. The number of aliphatic hydroxyl groups is 1. The molecule has 1 aromatic carbocycles. The van der Waals surface area contributed by atoms with Gasteiger partial charge in [0.05, 0.1) is 24.8 Å². The minimum absolute atomic E-state index is 0.178. The summed E-state index contributed by atoms with van der Waals surface area (Å²) in [7, 11) is 0. The maximum Gasteiger partial charge on any atom is 0.337 e. The molecule has 0 bridgehead atoms. The number of carbonyl (C=O) groups excluding carboxylic acids is 1. The molecule has 7 nitrogen and oxygen atoms in total. The third kappa shape index (κ3) is 6.10.